The fourth-order valence-corrected chi connectivity index (χ4v) is 3.78. The van der Waals surface area contributed by atoms with Crippen molar-refractivity contribution < 1.29 is 0 Å². The molecule has 0 bridgehead atoms. The maximum absolute atomic E-state index is 6.34. The molecular weight excluding hydrogens is 296 g/mol. The van der Waals surface area contributed by atoms with Crippen LogP contribution in [-0.2, 0) is 6.42 Å². The second-order valence-corrected chi connectivity index (χ2v) is 6.68. The average molecular weight is 315 g/mol. The van der Waals surface area contributed by atoms with Crippen LogP contribution < -0.4 is 5.73 Å². The minimum atomic E-state index is 0.231. The van der Waals surface area contributed by atoms with Crippen molar-refractivity contribution in [2.75, 3.05) is 25.1 Å². The van der Waals surface area contributed by atoms with Crippen LogP contribution >= 0.6 is 27.7 Å². The molecule has 0 saturated carbocycles. The van der Waals surface area contributed by atoms with E-state index in [1.165, 1.54) is 11.3 Å². The van der Waals surface area contributed by atoms with Crippen molar-refractivity contribution in [2.45, 2.75) is 18.5 Å². The van der Waals surface area contributed by atoms with Crippen LogP contribution in [0.15, 0.2) is 28.7 Å². The lowest BCUT2D eigenvalue weighted by atomic mass is 10.0. The standard InChI is InChI=1S/C13H19BrN2S/c1-16-6-7-17-9-13(16)12(15)8-10-2-4-11(14)5-3-10/h2-5,12-13H,6-9,15H2,1H3. The Morgan fingerprint density at radius 3 is 2.82 bits per heavy atom. The van der Waals surface area contributed by atoms with Crippen molar-refractivity contribution in [3.8, 4) is 0 Å². The largest absolute Gasteiger partial charge is 0.326 e. The van der Waals surface area contributed by atoms with Crippen molar-refractivity contribution in [1.29, 1.82) is 0 Å². The second-order valence-electron chi connectivity index (χ2n) is 4.62. The van der Waals surface area contributed by atoms with Crippen LogP contribution in [0.1, 0.15) is 5.56 Å². The van der Waals surface area contributed by atoms with Crippen LogP contribution in [0, 0.1) is 0 Å². The Morgan fingerprint density at radius 1 is 1.47 bits per heavy atom. The molecule has 1 saturated heterocycles. The summed E-state index contributed by atoms with van der Waals surface area (Å²) in [6, 6.07) is 9.22. The smallest absolute Gasteiger partial charge is 0.0338 e. The van der Waals surface area contributed by atoms with Gasteiger partial charge in [0, 0.05) is 34.6 Å². The van der Waals surface area contributed by atoms with Crippen LogP contribution in [0.4, 0.5) is 0 Å². The van der Waals surface area contributed by atoms with E-state index in [2.05, 4.69) is 52.1 Å². The van der Waals surface area contributed by atoms with Gasteiger partial charge in [-0.2, -0.15) is 11.8 Å². The van der Waals surface area contributed by atoms with Gasteiger partial charge in [0.1, 0.15) is 0 Å². The third-order valence-corrected chi connectivity index (χ3v) is 4.90. The number of hydrogen-bond donors (Lipinski definition) is 1. The molecule has 1 aromatic carbocycles. The Morgan fingerprint density at radius 2 is 2.18 bits per heavy atom. The van der Waals surface area contributed by atoms with Gasteiger partial charge >= 0.3 is 0 Å². The van der Waals surface area contributed by atoms with Gasteiger partial charge in [-0.05, 0) is 31.2 Å². The number of likely N-dealkylation sites (N-methyl/N-ethyl adjacent to an activating group) is 1. The van der Waals surface area contributed by atoms with E-state index in [0.29, 0.717) is 6.04 Å². The summed E-state index contributed by atoms with van der Waals surface area (Å²) < 4.78 is 1.13. The number of nitrogens with zero attached hydrogens (tertiary/aromatic N) is 1. The molecule has 0 radical (unpaired) electrons. The quantitative estimate of drug-likeness (QED) is 0.928. The van der Waals surface area contributed by atoms with Crippen molar-refractivity contribution in [2.24, 2.45) is 5.73 Å². The number of nitrogens with two attached hydrogens (primary N) is 1. The first-order valence-corrected chi connectivity index (χ1v) is 7.89. The maximum Gasteiger partial charge on any atom is 0.0338 e. The van der Waals surface area contributed by atoms with Crippen molar-refractivity contribution >= 4 is 27.7 Å². The van der Waals surface area contributed by atoms with E-state index in [-0.39, 0.29) is 6.04 Å². The number of benzene rings is 1. The van der Waals surface area contributed by atoms with Gasteiger partial charge in [-0.15, -0.1) is 0 Å². The molecule has 1 aliphatic heterocycles. The van der Waals surface area contributed by atoms with E-state index in [1.807, 2.05) is 11.8 Å². The van der Waals surface area contributed by atoms with E-state index >= 15 is 0 Å². The Labute approximate surface area is 116 Å². The molecule has 0 aliphatic carbocycles. The third kappa shape index (κ3) is 3.71. The molecule has 2 N–H and O–H groups in total. The Balaban J connectivity index is 1.95. The van der Waals surface area contributed by atoms with Gasteiger partial charge in [0.15, 0.2) is 0 Å². The molecule has 1 heterocycles. The highest BCUT2D eigenvalue weighted by molar-refractivity contribution is 9.10. The van der Waals surface area contributed by atoms with Crippen LogP contribution in [0.3, 0.4) is 0 Å². The molecule has 4 heteroatoms. The summed E-state index contributed by atoms with van der Waals surface area (Å²) >= 11 is 5.47. The van der Waals surface area contributed by atoms with Gasteiger partial charge in [-0.1, -0.05) is 28.1 Å². The highest BCUT2D eigenvalue weighted by atomic mass is 79.9. The van der Waals surface area contributed by atoms with Gasteiger partial charge in [0.2, 0.25) is 0 Å². The van der Waals surface area contributed by atoms with Crippen LogP contribution in [0.25, 0.3) is 0 Å². The van der Waals surface area contributed by atoms with Crippen molar-refractivity contribution in [3.05, 3.63) is 34.3 Å². The summed E-state index contributed by atoms with van der Waals surface area (Å²) in [4.78, 5) is 2.40. The Bertz CT molecular complexity index is 355. The van der Waals surface area contributed by atoms with E-state index < -0.39 is 0 Å². The van der Waals surface area contributed by atoms with Gasteiger partial charge < -0.3 is 10.6 Å². The molecule has 94 valence electrons. The van der Waals surface area contributed by atoms with E-state index in [4.69, 9.17) is 5.73 Å². The number of hydrogen-bond acceptors (Lipinski definition) is 3. The SMILES string of the molecule is CN1CCSCC1C(N)Cc1ccc(Br)cc1. The second kappa shape index (κ2) is 6.23. The predicted octanol–water partition coefficient (Wildman–Crippen LogP) is 2.37. The summed E-state index contributed by atoms with van der Waals surface area (Å²) in [6.07, 6.45) is 0.961. The average Bonchev–Trinajstić information content (AvgIpc) is 2.32. The molecule has 0 spiro atoms. The molecule has 2 rings (SSSR count). The Kier molecular flexibility index (Phi) is 4.91. The zero-order valence-electron chi connectivity index (χ0n) is 10.1. The van der Waals surface area contributed by atoms with Crippen molar-refractivity contribution in [1.82, 2.24) is 4.90 Å². The predicted molar refractivity (Wildman–Crippen MR) is 79.6 cm³/mol. The molecule has 1 aliphatic rings. The van der Waals surface area contributed by atoms with Gasteiger partial charge in [0.05, 0.1) is 0 Å². The lowest BCUT2D eigenvalue weighted by Crippen LogP contribution is -2.51. The zero-order valence-corrected chi connectivity index (χ0v) is 12.5. The number of thioether (sulfide) groups is 1. The number of rotatable bonds is 3. The van der Waals surface area contributed by atoms with Crippen LogP contribution in [0.2, 0.25) is 0 Å². The lowest BCUT2D eigenvalue weighted by molar-refractivity contribution is 0.235. The summed E-state index contributed by atoms with van der Waals surface area (Å²) in [5.41, 5.74) is 7.67. The third-order valence-electron chi connectivity index (χ3n) is 3.32. The minimum absolute atomic E-state index is 0.231. The summed E-state index contributed by atoms with van der Waals surface area (Å²) in [5.74, 6) is 2.40. The molecule has 0 amide bonds. The first-order chi connectivity index (χ1) is 8.16. The van der Waals surface area contributed by atoms with Crippen LogP contribution in [-0.4, -0.2) is 42.1 Å². The van der Waals surface area contributed by atoms with E-state index in [1.54, 1.807) is 0 Å². The summed E-state index contributed by atoms with van der Waals surface area (Å²) in [5, 5.41) is 0. The molecule has 17 heavy (non-hydrogen) atoms. The molecule has 1 fully saturated rings. The molecule has 2 unspecified atom stereocenters. The lowest BCUT2D eigenvalue weighted by Gasteiger charge is -2.36. The molecular formula is C13H19BrN2S. The molecule has 2 atom stereocenters. The van der Waals surface area contributed by atoms with Crippen LogP contribution in [0.5, 0.6) is 0 Å². The van der Waals surface area contributed by atoms with E-state index in [0.717, 1.165) is 23.2 Å². The highest BCUT2D eigenvalue weighted by Crippen LogP contribution is 2.19. The van der Waals surface area contributed by atoms with Gasteiger partial charge in [0.25, 0.3) is 0 Å². The summed E-state index contributed by atoms with van der Waals surface area (Å²) in [7, 11) is 2.19. The minimum Gasteiger partial charge on any atom is -0.326 e. The molecule has 1 aromatic rings. The first-order valence-electron chi connectivity index (χ1n) is 5.95. The fraction of sp³-hybridized carbons (Fsp3) is 0.538. The molecule has 0 aromatic heterocycles. The topological polar surface area (TPSA) is 29.3 Å². The fourth-order valence-electron chi connectivity index (χ4n) is 2.18. The monoisotopic (exact) mass is 314 g/mol. The number of halogens is 1. The normalized spacial score (nSPS) is 23.6. The first kappa shape index (κ1) is 13.4. The molecule has 2 nitrogen and oxygen atoms in total. The van der Waals surface area contributed by atoms with Crippen molar-refractivity contribution in [3.63, 3.8) is 0 Å². The maximum atomic E-state index is 6.34. The highest BCUT2D eigenvalue weighted by Gasteiger charge is 2.25. The summed E-state index contributed by atoms with van der Waals surface area (Å²) in [6.45, 7) is 1.16. The van der Waals surface area contributed by atoms with Gasteiger partial charge in [-0.3, -0.25) is 0 Å². The van der Waals surface area contributed by atoms with E-state index in [9.17, 15) is 0 Å². The van der Waals surface area contributed by atoms with Gasteiger partial charge in [-0.25, -0.2) is 0 Å². The Hall–Kier alpha value is -0.0300. The zero-order chi connectivity index (χ0) is 12.3.